The molecule has 0 radical (unpaired) electrons. The van der Waals surface area contributed by atoms with Gasteiger partial charge in [-0.3, -0.25) is 0 Å². The van der Waals surface area contributed by atoms with E-state index in [0.29, 0.717) is 13.2 Å². The van der Waals surface area contributed by atoms with Crippen LogP contribution in [-0.2, 0) is 11.3 Å². The van der Waals surface area contributed by atoms with E-state index in [0.717, 1.165) is 25.4 Å². The molecule has 1 rings (SSSR count). The molecule has 0 aliphatic rings. The summed E-state index contributed by atoms with van der Waals surface area (Å²) in [5, 5.41) is 3.51. The first-order valence-electron chi connectivity index (χ1n) is 8.87. The molecule has 3 heteroatoms. The van der Waals surface area contributed by atoms with Gasteiger partial charge in [-0.15, -0.1) is 0 Å². The summed E-state index contributed by atoms with van der Waals surface area (Å²) in [5.74, 6) is 0.916. The first kappa shape index (κ1) is 19.0. The number of rotatable bonds is 14. The Hall–Kier alpha value is -1.06. The number of benzene rings is 1. The maximum absolute atomic E-state index is 5.61. The number of hydrogen-bond acceptors (Lipinski definition) is 3. The molecule has 1 aromatic rings. The van der Waals surface area contributed by atoms with E-state index in [4.69, 9.17) is 9.47 Å². The number of unbranched alkanes of at least 4 members (excludes halogenated alkanes) is 5. The van der Waals surface area contributed by atoms with Crippen LogP contribution in [0.15, 0.2) is 24.3 Å². The minimum absolute atomic E-state index is 0.615. The van der Waals surface area contributed by atoms with Crippen molar-refractivity contribution in [2.75, 3.05) is 26.4 Å². The monoisotopic (exact) mass is 307 g/mol. The third-order valence-electron chi connectivity index (χ3n) is 3.66. The zero-order valence-corrected chi connectivity index (χ0v) is 14.4. The highest BCUT2D eigenvalue weighted by Gasteiger charge is 1.96. The van der Waals surface area contributed by atoms with E-state index in [2.05, 4.69) is 24.4 Å². The van der Waals surface area contributed by atoms with Crippen LogP contribution in [0.3, 0.4) is 0 Å². The highest BCUT2D eigenvalue weighted by molar-refractivity contribution is 5.27. The summed E-state index contributed by atoms with van der Waals surface area (Å²) in [7, 11) is 0. The number of hydrogen-bond donors (Lipinski definition) is 1. The Labute approximate surface area is 136 Å². The minimum Gasteiger partial charge on any atom is -0.491 e. The van der Waals surface area contributed by atoms with Crippen LogP contribution in [0.1, 0.15) is 57.9 Å². The molecule has 0 unspecified atom stereocenters. The molecule has 1 N–H and O–H groups in total. The zero-order valence-electron chi connectivity index (χ0n) is 14.4. The van der Waals surface area contributed by atoms with E-state index in [1.165, 1.54) is 44.1 Å². The second-order valence-corrected chi connectivity index (χ2v) is 5.63. The maximum Gasteiger partial charge on any atom is 0.119 e. The van der Waals surface area contributed by atoms with Crippen LogP contribution in [0.5, 0.6) is 5.75 Å². The van der Waals surface area contributed by atoms with Crippen LogP contribution in [0, 0.1) is 0 Å². The molecule has 0 aromatic heterocycles. The van der Waals surface area contributed by atoms with Crippen LogP contribution < -0.4 is 10.1 Å². The van der Waals surface area contributed by atoms with Gasteiger partial charge in [0.1, 0.15) is 12.4 Å². The molecule has 0 aliphatic carbocycles. The molecular formula is C19H33NO2. The van der Waals surface area contributed by atoms with Gasteiger partial charge >= 0.3 is 0 Å². The van der Waals surface area contributed by atoms with Gasteiger partial charge in [-0.25, -0.2) is 0 Å². The van der Waals surface area contributed by atoms with Crippen molar-refractivity contribution in [3.05, 3.63) is 29.8 Å². The van der Waals surface area contributed by atoms with Crippen LogP contribution in [0.4, 0.5) is 0 Å². The first-order chi connectivity index (χ1) is 10.9. The van der Waals surface area contributed by atoms with Gasteiger partial charge in [0, 0.05) is 13.2 Å². The molecule has 0 fully saturated rings. The average Bonchev–Trinajstić information content (AvgIpc) is 2.55. The second kappa shape index (κ2) is 13.6. The summed E-state index contributed by atoms with van der Waals surface area (Å²) in [5.41, 5.74) is 1.31. The minimum atomic E-state index is 0.615. The predicted octanol–water partition coefficient (Wildman–Crippen LogP) is 4.55. The molecule has 126 valence electrons. The van der Waals surface area contributed by atoms with Crippen molar-refractivity contribution in [2.24, 2.45) is 0 Å². The van der Waals surface area contributed by atoms with Crippen molar-refractivity contribution in [1.29, 1.82) is 0 Å². The Kier molecular flexibility index (Phi) is 11.7. The fraction of sp³-hybridized carbons (Fsp3) is 0.684. The smallest absolute Gasteiger partial charge is 0.119 e. The maximum atomic E-state index is 5.61. The van der Waals surface area contributed by atoms with Crippen LogP contribution in [0.2, 0.25) is 0 Å². The SMILES string of the molecule is CCCCCCCCNCc1ccc(OCCOCC)cc1. The van der Waals surface area contributed by atoms with Gasteiger partial charge in [0.2, 0.25) is 0 Å². The molecule has 22 heavy (non-hydrogen) atoms. The van der Waals surface area contributed by atoms with Gasteiger partial charge in [-0.1, -0.05) is 51.2 Å². The molecule has 0 bridgehead atoms. The molecule has 0 spiro atoms. The number of ether oxygens (including phenoxy) is 2. The van der Waals surface area contributed by atoms with Gasteiger partial charge in [0.25, 0.3) is 0 Å². The molecular weight excluding hydrogens is 274 g/mol. The van der Waals surface area contributed by atoms with Crippen molar-refractivity contribution in [2.45, 2.75) is 58.9 Å². The van der Waals surface area contributed by atoms with Crippen LogP contribution in [-0.4, -0.2) is 26.4 Å². The topological polar surface area (TPSA) is 30.5 Å². The molecule has 1 aromatic carbocycles. The molecule has 3 nitrogen and oxygen atoms in total. The Bertz CT molecular complexity index is 351. The van der Waals surface area contributed by atoms with Gasteiger partial charge in [0.05, 0.1) is 6.61 Å². The molecule has 0 atom stereocenters. The van der Waals surface area contributed by atoms with Crippen molar-refractivity contribution in [1.82, 2.24) is 5.32 Å². The highest BCUT2D eigenvalue weighted by Crippen LogP contribution is 2.12. The van der Waals surface area contributed by atoms with E-state index in [1.54, 1.807) is 0 Å². The van der Waals surface area contributed by atoms with E-state index < -0.39 is 0 Å². The molecule has 0 amide bonds. The quantitative estimate of drug-likeness (QED) is 0.511. The Balaban J connectivity index is 2.04. The Morgan fingerprint density at radius 2 is 1.59 bits per heavy atom. The Morgan fingerprint density at radius 3 is 2.32 bits per heavy atom. The van der Waals surface area contributed by atoms with Crippen molar-refractivity contribution in [3.63, 3.8) is 0 Å². The van der Waals surface area contributed by atoms with Gasteiger partial charge in [0.15, 0.2) is 0 Å². The standard InChI is InChI=1S/C19H33NO2/c1-3-5-6-7-8-9-14-20-17-18-10-12-19(13-11-18)22-16-15-21-4-2/h10-13,20H,3-9,14-17H2,1-2H3. The lowest BCUT2D eigenvalue weighted by Gasteiger charge is -2.08. The lowest BCUT2D eigenvalue weighted by atomic mass is 10.1. The molecule has 0 heterocycles. The van der Waals surface area contributed by atoms with Crippen molar-refractivity contribution in [3.8, 4) is 5.75 Å². The van der Waals surface area contributed by atoms with E-state index >= 15 is 0 Å². The van der Waals surface area contributed by atoms with E-state index in [-0.39, 0.29) is 0 Å². The lowest BCUT2D eigenvalue weighted by molar-refractivity contribution is 0.110. The third-order valence-corrected chi connectivity index (χ3v) is 3.66. The fourth-order valence-corrected chi connectivity index (χ4v) is 2.33. The molecule has 0 saturated heterocycles. The summed E-state index contributed by atoms with van der Waals surface area (Å²) in [6, 6.07) is 8.33. The average molecular weight is 307 g/mol. The van der Waals surface area contributed by atoms with E-state index in [1.807, 2.05) is 19.1 Å². The summed E-state index contributed by atoms with van der Waals surface area (Å²) in [4.78, 5) is 0. The van der Waals surface area contributed by atoms with Crippen molar-refractivity contribution >= 4 is 0 Å². The van der Waals surface area contributed by atoms with E-state index in [9.17, 15) is 0 Å². The number of nitrogens with one attached hydrogen (secondary N) is 1. The van der Waals surface area contributed by atoms with Crippen LogP contribution in [0.25, 0.3) is 0 Å². The predicted molar refractivity (Wildman–Crippen MR) is 93.5 cm³/mol. The fourth-order valence-electron chi connectivity index (χ4n) is 2.33. The van der Waals surface area contributed by atoms with Crippen molar-refractivity contribution < 1.29 is 9.47 Å². The second-order valence-electron chi connectivity index (χ2n) is 5.63. The molecule has 0 saturated carbocycles. The lowest BCUT2D eigenvalue weighted by Crippen LogP contribution is -2.14. The first-order valence-corrected chi connectivity index (χ1v) is 8.87. The largest absolute Gasteiger partial charge is 0.491 e. The van der Waals surface area contributed by atoms with Gasteiger partial charge < -0.3 is 14.8 Å². The summed E-state index contributed by atoms with van der Waals surface area (Å²) in [6.45, 7) is 8.31. The van der Waals surface area contributed by atoms with Gasteiger partial charge in [-0.2, -0.15) is 0 Å². The Morgan fingerprint density at radius 1 is 0.864 bits per heavy atom. The summed E-state index contributed by atoms with van der Waals surface area (Å²) in [6.07, 6.45) is 8.10. The molecule has 0 aliphatic heterocycles. The van der Waals surface area contributed by atoms with Crippen LogP contribution >= 0.6 is 0 Å². The summed E-state index contributed by atoms with van der Waals surface area (Å²) >= 11 is 0. The zero-order chi connectivity index (χ0) is 15.9. The normalized spacial score (nSPS) is 10.8. The highest BCUT2D eigenvalue weighted by atomic mass is 16.5. The third kappa shape index (κ3) is 9.80. The summed E-state index contributed by atoms with van der Waals surface area (Å²) < 4.78 is 10.9. The van der Waals surface area contributed by atoms with Gasteiger partial charge in [-0.05, 0) is 37.6 Å².